The van der Waals surface area contributed by atoms with Gasteiger partial charge in [0.25, 0.3) is 0 Å². The number of nitrogens with zero attached hydrogens (tertiary/aromatic N) is 1. The van der Waals surface area contributed by atoms with Gasteiger partial charge in [-0.15, -0.1) is 11.8 Å². The summed E-state index contributed by atoms with van der Waals surface area (Å²) >= 11 is 7.72. The normalized spacial score (nSPS) is 12.4. The Balaban J connectivity index is 2.40. The van der Waals surface area contributed by atoms with Crippen LogP contribution in [0.1, 0.15) is 17.2 Å². The van der Waals surface area contributed by atoms with Crippen LogP contribution in [0.5, 0.6) is 0 Å². The fraction of sp³-hybridized carbons (Fsp3) is 0.214. The summed E-state index contributed by atoms with van der Waals surface area (Å²) in [6, 6.07) is 10.2. The molecule has 0 aliphatic rings. The molecule has 3 nitrogen and oxygen atoms in total. The number of pyridine rings is 1. The van der Waals surface area contributed by atoms with E-state index in [1.165, 1.54) is 4.90 Å². The minimum atomic E-state index is -0.0119. The molecule has 0 saturated carbocycles. The quantitative estimate of drug-likeness (QED) is 0.849. The molecule has 0 saturated heterocycles. The molecule has 1 unspecified atom stereocenters. The van der Waals surface area contributed by atoms with Crippen molar-refractivity contribution >= 4 is 29.2 Å². The molecule has 0 spiro atoms. The SMILES string of the molecule is CNC(c1ccc(SC)cc1)c1cc(Cl)cnc1N. The van der Waals surface area contributed by atoms with Crippen molar-refractivity contribution in [2.45, 2.75) is 10.9 Å². The monoisotopic (exact) mass is 293 g/mol. The molecule has 1 aromatic heterocycles. The number of nitrogens with one attached hydrogen (secondary N) is 1. The summed E-state index contributed by atoms with van der Waals surface area (Å²) in [5, 5.41) is 3.84. The predicted molar refractivity (Wildman–Crippen MR) is 82.8 cm³/mol. The molecule has 0 radical (unpaired) electrons. The first-order valence-electron chi connectivity index (χ1n) is 5.88. The lowest BCUT2D eigenvalue weighted by atomic mass is 9.99. The van der Waals surface area contributed by atoms with Crippen LogP contribution in [-0.4, -0.2) is 18.3 Å². The Kier molecular flexibility index (Phi) is 4.69. The first-order chi connectivity index (χ1) is 9.15. The van der Waals surface area contributed by atoms with E-state index in [-0.39, 0.29) is 6.04 Å². The number of aromatic nitrogens is 1. The Morgan fingerprint density at radius 1 is 1.32 bits per heavy atom. The van der Waals surface area contributed by atoms with Crippen molar-refractivity contribution in [2.75, 3.05) is 19.0 Å². The molecule has 2 aromatic rings. The largest absolute Gasteiger partial charge is 0.383 e. The summed E-state index contributed by atoms with van der Waals surface area (Å²) in [6.45, 7) is 0. The molecule has 0 bridgehead atoms. The molecule has 2 rings (SSSR count). The third kappa shape index (κ3) is 3.21. The van der Waals surface area contributed by atoms with Crippen LogP contribution in [0.3, 0.4) is 0 Å². The fourth-order valence-electron chi connectivity index (χ4n) is 1.99. The lowest BCUT2D eigenvalue weighted by Gasteiger charge is -2.19. The van der Waals surface area contributed by atoms with E-state index < -0.39 is 0 Å². The zero-order valence-electron chi connectivity index (χ0n) is 10.9. The van der Waals surface area contributed by atoms with Gasteiger partial charge in [-0.3, -0.25) is 0 Å². The standard InChI is InChI=1S/C14H16ClN3S/c1-17-13(9-3-5-11(19-2)6-4-9)12-7-10(15)8-18-14(12)16/h3-8,13,17H,1-2H3,(H2,16,18). The molecule has 0 amide bonds. The second kappa shape index (κ2) is 6.28. The van der Waals surface area contributed by atoms with Crippen molar-refractivity contribution in [3.63, 3.8) is 0 Å². The van der Waals surface area contributed by atoms with Crippen molar-refractivity contribution in [1.82, 2.24) is 10.3 Å². The number of anilines is 1. The summed E-state index contributed by atoms with van der Waals surface area (Å²) in [6.07, 6.45) is 3.62. The Labute approximate surface area is 122 Å². The van der Waals surface area contributed by atoms with Crippen molar-refractivity contribution < 1.29 is 0 Å². The molecule has 1 aromatic carbocycles. The van der Waals surface area contributed by atoms with E-state index in [2.05, 4.69) is 40.8 Å². The Hall–Kier alpha value is -1.23. The summed E-state index contributed by atoms with van der Waals surface area (Å²) in [7, 11) is 1.90. The van der Waals surface area contributed by atoms with Crippen LogP contribution in [0.15, 0.2) is 41.4 Å². The van der Waals surface area contributed by atoms with Crippen molar-refractivity contribution in [1.29, 1.82) is 0 Å². The Morgan fingerprint density at radius 2 is 2.00 bits per heavy atom. The summed E-state index contributed by atoms with van der Waals surface area (Å²) < 4.78 is 0. The Bertz CT molecular complexity index is 557. The van der Waals surface area contributed by atoms with E-state index in [1.807, 2.05) is 13.1 Å². The number of thioether (sulfide) groups is 1. The van der Waals surface area contributed by atoms with Crippen LogP contribution in [0, 0.1) is 0 Å². The molecule has 0 aliphatic heterocycles. The van der Waals surface area contributed by atoms with E-state index in [4.69, 9.17) is 17.3 Å². The smallest absolute Gasteiger partial charge is 0.128 e. The highest BCUT2D eigenvalue weighted by molar-refractivity contribution is 7.98. The highest BCUT2D eigenvalue weighted by Gasteiger charge is 2.16. The highest BCUT2D eigenvalue weighted by Crippen LogP contribution is 2.28. The molecular weight excluding hydrogens is 278 g/mol. The van der Waals surface area contributed by atoms with E-state index >= 15 is 0 Å². The highest BCUT2D eigenvalue weighted by atomic mass is 35.5. The van der Waals surface area contributed by atoms with E-state index in [0.717, 1.165) is 11.1 Å². The maximum absolute atomic E-state index is 6.00. The third-order valence-corrected chi connectivity index (χ3v) is 3.92. The first-order valence-corrected chi connectivity index (χ1v) is 7.48. The van der Waals surface area contributed by atoms with E-state index in [9.17, 15) is 0 Å². The predicted octanol–water partition coefficient (Wildman–Crippen LogP) is 3.35. The van der Waals surface area contributed by atoms with Gasteiger partial charge < -0.3 is 11.1 Å². The van der Waals surface area contributed by atoms with Crippen molar-refractivity contribution in [3.05, 3.63) is 52.7 Å². The van der Waals surface area contributed by atoms with Gasteiger partial charge >= 0.3 is 0 Å². The molecule has 0 aliphatic carbocycles. The van der Waals surface area contributed by atoms with Crippen LogP contribution >= 0.6 is 23.4 Å². The fourth-order valence-corrected chi connectivity index (χ4v) is 2.57. The summed E-state index contributed by atoms with van der Waals surface area (Å²) in [4.78, 5) is 5.34. The Morgan fingerprint density at radius 3 is 2.58 bits per heavy atom. The lowest BCUT2D eigenvalue weighted by molar-refractivity contribution is 0.691. The second-order valence-electron chi connectivity index (χ2n) is 4.12. The van der Waals surface area contributed by atoms with Crippen LogP contribution in [0.4, 0.5) is 5.82 Å². The van der Waals surface area contributed by atoms with Gasteiger partial charge in [-0.25, -0.2) is 4.98 Å². The van der Waals surface area contributed by atoms with Crippen LogP contribution < -0.4 is 11.1 Å². The molecule has 1 atom stereocenters. The minimum Gasteiger partial charge on any atom is -0.383 e. The van der Waals surface area contributed by atoms with E-state index in [0.29, 0.717) is 10.8 Å². The topological polar surface area (TPSA) is 50.9 Å². The van der Waals surface area contributed by atoms with Gasteiger partial charge in [0.15, 0.2) is 0 Å². The molecule has 0 fully saturated rings. The summed E-state index contributed by atoms with van der Waals surface area (Å²) in [5.41, 5.74) is 7.98. The molecule has 19 heavy (non-hydrogen) atoms. The minimum absolute atomic E-state index is 0.0119. The number of rotatable bonds is 4. The van der Waals surface area contributed by atoms with Gasteiger partial charge in [-0.1, -0.05) is 23.7 Å². The van der Waals surface area contributed by atoms with E-state index in [1.54, 1.807) is 18.0 Å². The van der Waals surface area contributed by atoms with Gasteiger partial charge in [0, 0.05) is 16.7 Å². The van der Waals surface area contributed by atoms with Gasteiger partial charge in [-0.2, -0.15) is 0 Å². The van der Waals surface area contributed by atoms with Gasteiger partial charge in [-0.05, 0) is 37.1 Å². The second-order valence-corrected chi connectivity index (χ2v) is 5.44. The molecule has 100 valence electrons. The average Bonchev–Trinajstić information content (AvgIpc) is 2.44. The van der Waals surface area contributed by atoms with Crippen LogP contribution in [-0.2, 0) is 0 Å². The number of nitrogen functional groups attached to an aromatic ring is 1. The molecule has 1 heterocycles. The van der Waals surface area contributed by atoms with Crippen LogP contribution in [0.25, 0.3) is 0 Å². The summed E-state index contributed by atoms with van der Waals surface area (Å²) in [5.74, 6) is 0.498. The molecule has 5 heteroatoms. The number of hydrogen-bond donors (Lipinski definition) is 2. The zero-order chi connectivity index (χ0) is 13.8. The lowest BCUT2D eigenvalue weighted by Crippen LogP contribution is -2.19. The van der Waals surface area contributed by atoms with Crippen molar-refractivity contribution in [3.8, 4) is 0 Å². The first kappa shape index (κ1) is 14.2. The van der Waals surface area contributed by atoms with Gasteiger partial charge in [0.1, 0.15) is 5.82 Å². The third-order valence-electron chi connectivity index (χ3n) is 2.96. The number of nitrogens with two attached hydrogens (primary N) is 1. The maximum Gasteiger partial charge on any atom is 0.128 e. The number of hydrogen-bond acceptors (Lipinski definition) is 4. The number of benzene rings is 1. The van der Waals surface area contributed by atoms with Gasteiger partial charge in [0.05, 0.1) is 11.1 Å². The average molecular weight is 294 g/mol. The van der Waals surface area contributed by atoms with Gasteiger partial charge in [0.2, 0.25) is 0 Å². The van der Waals surface area contributed by atoms with Crippen LogP contribution in [0.2, 0.25) is 5.02 Å². The van der Waals surface area contributed by atoms with Crippen molar-refractivity contribution in [2.24, 2.45) is 0 Å². The maximum atomic E-state index is 6.00. The number of halogens is 1. The molecular formula is C14H16ClN3S. The molecule has 3 N–H and O–H groups in total. The zero-order valence-corrected chi connectivity index (χ0v) is 12.4.